The maximum absolute atomic E-state index is 12.0. The smallest absolute Gasteiger partial charge is 0.292 e. The lowest BCUT2D eigenvalue weighted by molar-refractivity contribution is 0.0518. The van der Waals surface area contributed by atoms with Crippen LogP contribution in [0.5, 0.6) is 0 Å². The predicted octanol–water partition coefficient (Wildman–Crippen LogP) is 0.871. The first-order valence-corrected chi connectivity index (χ1v) is 5.74. The highest BCUT2D eigenvalue weighted by atomic mass is 32.1. The molecular weight excluding hydrogens is 242 g/mol. The molecule has 0 aliphatic carbocycles. The quantitative estimate of drug-likeness (QED) is 0.756. The van der Waals surface area contributed by atoms with Crippen LogP contribution in [0.25, 0.3) is 0 Å². The third-order valence-corrected chi connectivity index (χ3v) is 3.09. The van der Waals surface area contributed by atoms with Gasteiger partial charge in [-0.05, 0) is 6.92 Å². The Morgan fingerprint density at radius 1 is 1.53 bits per heavy atom. The Balaban J connectivity index is 2.05. The van der Waals surface area contributed by atoms with E-state index in [0.717, 1.165) is 0 Å². The van der Waals surface area contributed by atoms with Crippen molar-refractivity contribution in [2.75, 3.05) is 19.6 Å². The van der Waals surface area contributed by atoms with E-state index in [2.05, 4.69) is 17.8 Å². The van der Waals surface area contributed by atoms with Gasteiger partial charge >= 0.3 is 0 Å². The summed E-state index contributed by atoms with van der Waals surface area (Å²) in [7, 11) is 0. The van der Waals surface area contributed by atoms with Gasteiger partial charge < -0.3 is 14.3 Å². The Bertz CT molecular complexity index is 420. The number of rotatable bonds is 1. The van der Waals surface area contributed by atoms with Gasteiger partial charge in [-0.25, -0.2) is 0 Å². The minimum atomic E-state index is -0.261. The molecule has 92 valence electrons. The van der Waals surface area contributed by atoms with Crippen LogP contribution in [0.4, 0.5) is 4.79 Å². The molecule has 1 aliphatic heterocycles. The number of hydrogen-bond acceptors (Lipinski definition) is 4. The Morgan fingerprint density at radius 3 is 2.82 bits per heavy atom. The van der Waals surface area contributed by atoms with Crippen molar-refractivity contribution < 1.29 is 14.1 Å². The molecule has 0 saturated carbocycles. The molecule has 0 N–H and O–H groups in total. The molecule has 1 aromatic rings. The zero-order valence-electron chi connectivity index (χ0n) is 9.37. The lowest BCUT2D eigenvalue weighted by Crippen LogP contribution is -2.54. The fraction of sp³-hybridized carbons (Fsp3) is 0.500. The van der Waals surface area contributed by atoms with E-state index in [4.69, 9.17) is 4.52 Å². The molecule has 17 heavy (non-hydrogen) atoms. The second-order valence-corrected chi connectivity index (χ2v) is 4.34. The van der Waals surface area contributed by atoms with Crippen LogP contribution in [0.1, 0.15) is 17.5 Å². The third-order valence-electron chi connectivity index (χ3n) is 2.81. The van der Waals surface area contributed by atoms with Gasteiger partial charge in [0.25, 0.3) is 11.1 Å². The van der Waals surface area contributed by atoms with E-state index in [9.17, 15) is 9.59 Å². The maximum Gasteiger partial charge on any atom is 0.292 e. The molecule has 0 bridgehead atoms. The molecule has 1 fully saturated rings. The van der Waals surface area contributed by atoms with Gasteiger partial charge in [-0.2, -0.15) is 0 Å². The van der Waals surface area contributed by atoms with Crippen molar-refractivity contribution in [3.63, 3.8) is 0 Å². The van der Waals surface area contributed by atoms with Gasteiger partial charge in [0.2, 0.25) is 5.76 Å². The first-order chi connectivity index (χ1) is 8.09. The van der Waals surface area contributed by atoms with Gasteiger partial charge in [-0.1, -0.05) is 17.8 Å². The molecule has 1 aromatic heterocycles. The van der Waals surface area contributed by atoms with Crippen LogP contribution in [-0.2, 0) is 0 Å². The first-order valence-electron chi connectivity index (χ1n) is 5.29. The Hall–Kier alpha value is -1.50. The molecule has 2 heterocycles. The van der Waals surface area contributed by atoms with Crippen LogP contribution in [0.3, 0.4) is 0 Å². The van der Waals surface area contributed by atoms with Crippen molar-refractivity contribution in [3.8, 4) is 0 Å². The molecule has 0 spiro atoms. The Labute approximate surface area is 104 Å². The Morgan fingerprint density at radius 2 is 2.29 bits per heavy atom. The lowest BCUT2D eigenvalue weighted by Gasteiger charge is -2.38. The molecule has 2 rings (SSSR count). The number of carbonyl (C=O) groups excluding carboxylic acids is 2. The van der Waals surface area contributed by atoms with E-state index < -0.39 is 0 Å². The molecule has 7 heteroatoms. The molecule has 1 saturated heterocycles. The van der Waals surface area contributed by atoms with Crippen LogP contribution in [0.15, 0.2) is 16.8 Å². The summed E-state index contributed by atoms with van der Waals surface area (Å²) in [5.74, 6) is 0.0313. The monoisotopic (exact) mass is 255 g/mol. The number of hydrogen-bond donors (Lipinski definition) is 1. The van der Waals surface area contributed by atoms with Crippen LogP contribution in [0, 0.1) is 0 Å². The molecule has 1 unspecified atom stereocenters. The average molecular weight is 255 g/mol. The van der Waals surface area contributed by atoms with Crippen molar-refractivity contribution in [1.29, 1.82) is 0 Å². The molecule has 1 aliphatic rings. The van der Waals surface area contributed by atoms with E-state index in [0.29, 0.717) is 19.6 Å². The second kappa shape index (κ2) is 4.79. The van der Waals surface area contributed by atoms with Crippen LogP contribution in [-0.4, -0.2) is 51.8 Å². The summed E-state index contributed by atoms with van der Waals surface area (Å²) in [6, 6.07) is 1.48. The van der Waals surface area contributed by atoms with Gasteiger partial charge in [-0.3, -0.25) is 9.59 Å². The number of carbonyl (C=O) groups is 2. The summed E-state index contributed by atoms with van der Waals surface area (Å²) < 4.78 is 4.83. The molecule has 0 radical (unpaired) electrons. The van der Waals surface area contributed by atoms with Gasteiger partial charge in [0.05, 0.1) is 6.20 Å². The zero-order valence-corrected chi connectivity index (χ0v) is 10.3. The minimum absolute atomic E-state index is 0.0579. The molecular formula is C10H13N3O3S. The van der Waals surface area contributed by atoms with Gasteiger partial charge in [0.15, 0.2) is 0 Å². The van der Waals surface area contributed by atoms with Crippen molar-refractivity contribution in [3.05, 3.63) is 18.0 Å². The Kier molecular flexibility index (Phi) is 3.37. The number of aromatic nitrogens is 1. The third kappa shape index (κ3) is 2.44. The number of amides is 2. The number of nitrogens with zero attached hydrogens (tertiary/aromatic N) is 3. The standard InChI is InChI=1S/C10H13N3O3S/c1-7-6-12(10(15)17)4-5-13(7)9(14)8-2-3-11-16-8/h2-3,7H,4-6H2,1H3,(H,15,17). The lowest BCUT2D eigenvalue weighted by atomic mass is 10.2. The van der Waals surface area contributed by atoms with Crippen molar-refractivity contribution in [1.82, 2.24) is 15.0 Å². The van der Waals surface area contributed by atoms with E-state index in [1.165, 1.54) is 12.3 Å². The topological polar surface area (TPSA) is 66.7 Å². The summed E-state index contributed by atoms with van der Waals surface area (Å²) in [4.78, 5) is 26.4. The van der Waals surface area contributed by atoms with E-state index >= 15 is 0 Å². The average Bonchev–Trinajstić information content (AvgIpc) is 2.81. The highest BCUT2D eigenvalue weighted by molar-refractivity contribution is 7.96. The summed E-state index contributed by atoms with van der Waals surface area (Å²) in [6.45, 7) is 3.35. The summed E-state index contributed by atoms with van der Waals surface area (Å²) >= 11 is 3.78. The van der Waals surface area contributed by atoms with Gasteiger partial charge in [0.1, 0.15) is 0 Å². The predicted molar refractivity (Wildman–Crippen MR) is 63.0 cm³/mol. The minimum Gasteiger partial charge on any atom is -0.351 e. The van der Waals surface area contributed by atoms with Crippen LogP contribution in [0.2, 0.25) is 0 Å². The molecule has 6 nitrogen and oxygen atoms in total. The van der Waals surface area contributed by atoms with Gasteiger partial charge in [-0.15, -0.1) is 0 Å². The fourth-order valence-corrected chi connectivity index (χ4v) is 2.08. The number of thiol groups is 1. The van der Waals surface area contributed by atoms with Crippen LogP contribution < -0.4 is 0 Å². The van der Waals surface area contributed by atoms with Gasteiger partial charge in [0, 0.05) is 31.7 Å². The SMILES string of the molecule is CC1CN(C(=O)S)CCN1C(=O)c1ccno1. The molecule has 2 amide bonds. The summed E-state index contributed by atoms with van der Waals surface area (Å²) in [5.41, 5.74) is 0. The van der Waals surface area contributed by atoms with E-state index in [1.54, 1.807) is 9.80 Å². The first kappa shape index (κ1) is 12.0. The largest absolute Gasteiger partial charge is 0.351 e. The normalized spacial score (nSPS) is 20.5. The van der Waals surface area contributed by atoms with Crippen molar-refractivity contribution in [2.24, 2.45) is 0 Å². The highest BCUT2D eigenvalue weighted by Crippen LogP contribution is 2.14. The molecule has 0 aromatic carbocycles. The van der Waals surface area contributed by atoms with E-state index in [1.807, 2.05) is 6.92 Å². The van der Waals surface area contributed by atoms with Crippen LogP contribution >= 0.6 is 12.6 Å². The van der Waals surface area contributed by atoms with E-state index in [-0.39, 0.29) is 22.9 Å². The summed E-state index contributed by atoms with van der Waals surface area (Å²) in [6.07, 6.45) is 1.44. The zero-order chi connectivity index (χ0) is 12.4. The highest BCUT2D eigenvalue weighted by Gasteiger charge is 2.30. The maximum atomic E-state index is 12.0. The fourth-order valence-electron chi connectivity index (χ4n) is 1.90. The number of piperazine rings is 1. The summed E-state index contributed by atoms with van der Waals surface area (Å²) in [5, 5.41) is 3.25. The molecule has 1 atom stereocenters. The van der Waals surface area contributed by atoms with Crippen molar-refractivity contribution >= 4 is 23.8 Å². The van der Waals surface area contributed by atoms with Crippen molar-refractivity contribution in [2.45, 2.75) is 13.0 Å². The second-order valence-electron chi connectivity index (χ2n) is 3.95.